The summed E-state index contributed by atoms with van der Waals surface area (Å²) in [6.45, 7) is 0. The van der Waals surface area contributed by atoms with Crippen molar-refractivity contribution >= 4 is 11.9 Å². The van der Waals surface area contributed by atoms with Gasteiger partial charge >= 0.3 is 11.9 Å². The second-order valence-electron chi connectivity index (χ2n) is 4.84. The Morgan fingerprint density at radius 1 is 1.00 bits per heavy atom. The summed E-state index contributed by atoms with van der Waals surface area (Å²) in [5.74, 6) is -0.514. The van der Waals surface area contributed by atoms with Gasteiger partial charge in [-0.25, -0.2) is 0 Å². The Hall–Kier alpha value is -1.84. The first-order chi connectivity index (χ1) is 9.19. The van der Waals surface area contributed by atoms with Gasteiger partial charge in [-0.1, -0.05) is 37.5 Å². The van der Waals surface area contributed by atoms with E-state index in [0.717, 1.165) is 19.3 Å². The molecule has 0 N–H and O–H groups in total. The van der Waals surface area contributed by atoms with Gasteiger partial charge < -0.3 is 9.47 Å². The second-order valence-corrected chi connectivity index (χ2v) is 4.84. The van der Waals surface area contributed by atoms with Crippen molar-refractivity contribution < 1.29 is 19.1 Å². The fourth-order valence-corrected chi connectivity index (χ4v) is 2.54. The van der Waals surface area contributed by atoms with E-state index >= 15 is 0 Å². The Bertz CT molecular complexity index is 446. The van der Waals surface area contributed by atoms with Crippen LogP contribution in [0.25, 0.3) is 0 Å². The van der Waals surface area contributed by atoms with E-state index in [1.54, 1.807) is 24.3 Å². The van der Waals surface area contributed by atoms with E-state index in [-0.39, 0.29) is 0 Å². The van der Waals surface area contributed by atoms with Crippen molar-refractivity contribution in [3.8, 4) is 5.75 Å². The van der Waals surface area contributed by atoms with Crippen LogP contribution in [0.1, 0.15) is 32.1 Å². The zero-order chi connectivity index (χ0) is 13.7. The summed E-state index contributed by atoms with van der Waals surface area (Å²) in [6.07, 6.45) is 3.74. The molecular formula is C15H18O4. The van der Waals surface area contributed by atoms with E-state index in [4.69, 9.17) is 9.47 Å². The lowest BCUT2D eigenvalue weighted by molar-refractivity contribution is -0.168. The van der Waals surface area contributed by atoms with Crippen LogP contribution in [0.3, 0.4) is 0 Å². The largest absolute Gasteiger partial charge is 0.468 e. The van der Waals surface area contributed by atoms with Crippen LogP contribution in [-0.4, -0.2) is 19.0 Å². The highest BCUT2D eigenvalue weighted by Gasteiger charge is 2.49. The normalized spacial score (nSPS) is 17.5. The number of carbonyl (C=O) groups excluding carboxylic acids is 2. The average Bonchev–Trinajstić information content (AvgIpc) is 2.48. The molecule has 1 fully saturated rings. The molecule has 0 aliphatic heterocycles. The number of methoxy groups -OCH3 is 1. The third-order valence-electron chi connectivity index (χ3n) is 3.63. The predicted molar refractivity (Wildman–Crippen MR) is 69.6 cm³/mol. The smallest absolute Gasteiger partial charge is 0.328 e. The van der Waals surface area contributed by atoms with Crippen molar-refractivity contribution in [2.75, 3.05) is 7.11 Å². The zero-order valence-electron chi connectivity index (χ0n) is 11.1. The Morgan fingerprint density at radius 3 is 2.21 bits per heavy atom. The number of hydrogen-bond donors (Lipinski definition) is 0. The summed E-state index contributed by atoms with van der Waals surface area (Å²) >= 11 is 0. The molecule has 0 radical (unpaired) electrons. The van der Waals surface area contributed by atoms with Crippen LogP contribution in [0.2, 0.25) is 0 Å². The lowest BCUT2D eigenvalue weighted by Crippen LogP contribution is -2.44. The molecule has 0 heterocycles. The van der Waals surface area contributed by atoms with E-state index < -0.39 is 17.4 Å². The van der Waals surface area contributed by atoms with Crippen LogP contribution in [-0.2, 0) is 14.3 Å². The molecule has 1 aromatic rings. The molecule has 0 atom stereocenters. The molecule has 1 saturated carbocycles. The van der Waals surface area contributed by atoms with E-state index in [0.29, 0.717) is 18.6 Å². The maximum absolute atomic E-state index is 12.4. The molecule has 4 heteroatoms. The molecular weight excluding hydrogens is 244 g/mol. The summed E-state index contributed by atoms with van der Waals surface area (Å²) in [5, 5.41) is 0. The zero-order valence-corrected chi connectivity index (χ0v) is 11.1. The molecule has 0 bridgehead atoms. The first kappa shape index (κ1) is 13.6. The summed E-state index contributed by atoms with van der Waals surface area (Å²) in [5.41, 5.74) is -1.12. The van der Waals surface area contributed by atoms with Gasteiger partial charge in [0.2, 0.25) is 0 Å². The van der Waals surface area contributed by atoms with E-state index in [2.05, 4.69) is 0 Å². The van der Waals surface area contributed by atoms with E-state index in [9.17, 15) is 9.59 Å². The topological polar surface area (TPSA) is 52.6 Å². The van der Waals surface area contributed by atoms with E-state index in [1.807, 2.05) is 6.07 Å². The molecule has 0 spiro atoms. The standard InChI is InChI=1S/C15H18O4/c1-18-13(16)15(10-6-3-7-11-15)14(17)19-12-8-4-2-5-9-12/h2,4-5,8-9H,3,6-7,10-11H2,1H3. The van der Waals surface area contributed by atoms with Crippen molar-refractivity contribution in [2.45, 2.75) is 32.1 Å². The molecule has 0 saturated heterocycles. The van der Waals surface area contributed by atoms with Crippen molar-refractivity contribution in [3.63, 3.8) is 0 Å². The minimum absolute atomic E-state index is 0.460. The lowest BCUT2D eigenvalue weighted by atomic mass is 9.74. The Labute approximate surface area is 112 Å². The number of benzene rings is 1. The molecule has 2 rings (SSSR count). The fraction of sp³-hybridized carbons (Fsp3) is 0.467. The summed E-state index contributed by atoms with van der Waals surface area (Å²) in [7, 11) is 1.31. The van der Waals surface area contributed by atoms with Crippen molar-refractivity contribution in [3.05, 3.63) is 30.3 Å². The molecule has 102 valence electrons. The van der Waals surface area contributed by atoms with Gasteiger partial charge in [0.1, 0.15) is 5.75 Å². The third-order valence-corrected chi connectivity index (χ3v) is 3.63. The highest BCUT2D eigenvalue weighted by atomic mass is 16.6. The number of rotatable bonds is 3. The number of carbonyl (C=O) groups is 2. The van der Waals surface area contributed by atoms with Gasteiger partial charge in [0.15, 0.2) is 5.41 Å². The highest BCUT2D eigenvalue weighted by Crippen LogP contribution is 2.38. The van der Waals surface area contributed by atoms with Crippen molar-refractivity contribution in [2.24, 2.45) is 5.41 Å². The maximum atomic E-state index is 12.4. The second kappa shape index (κ2) is 5.87. The highest BCUT2D eigenvalue weighted by molar-refractivity contribution is 6.00. The quantitative estimate of drug-likeness (QED) is 0.477. The molecule has 1 aliphatic rings. The predicted octanol–water partition coefficient (Wildman–Crippen LogP) is 2.72. The number of ether oxygens (including phenoxy) is 2. The fourth-order valence-electron chi connectivity index (χ4n) is 2.54. The first-order valence-corrected chi connectivity index (χ1v) is 6.55. The van der Waals surface area contributed by atoms with Gasteiger partial charge in [-0.05, 0) is 25.0 Å². The molecule has 0 unspecified atom stereocenters. The molecule has 0 amide bonds. The van der Waals surface area contributed by atoms with Gasteiger partial charge in [-0.2, -0.15) is 0 Å². The van der Waals surface area contributed by atoms with Crippen LogP contribution in [0, 0.1) is 5.41 Å². The Kier molecular flexibility index (Phi) is 4.20. The Morgan fingerprint density at radius 2 is 1.63 bits per heavy atom. The van der Waals surface area contributed by atoms with Crippen LogP contribution < -0.4 is 4.74 Å². The van der Waals surface area contributed by atoms with E-state index in [1.165, 1.54) is 7.11 Å². The minimum atomic E-state index is -1.12. The number of para-hydroxylation sites is 1. The van der Waals surface area contributed by atoms with Crippen LogP contribution in [0.5, 0.6) is 5.75 Å². The average molecular weight is 262 g/mol. The van der Waals surface area contributed by atoms with Gasteiger partial charge in [0.25, 0.3) is 0 Å². The minimum Gasteiger partial charge on any atom is -0.468 e. The molecule has 1 aromatic carbocycles. The van der Waals surface area contributed by atoms with Gasteiger partial charge in [-0.15, -0.1) is 0 Å². The Balaban J connectivity index is 2.19. The van der Waals surface area contributed by atoms with Crippen LogP contribution in [0.4, 0.5) is 0 Å². The number of esters is 2. The lowest BCUT2D eigenvalue weighted by Gasteiger charge is -2.31. The maximum Gasteiger partial charge on any atom is 0.328 e. The van der Waals surface area contributed by atoms with Gasteiger partial charge in [0.05, 0.1) is 7.11 Å². The number of hydrogen-bond acceptors (Lipinski definition) is 4. The van der Waals surface area contributed by atoms with Gasteiger partial charge in [-0.3, -0.25) is 9.59 Å². The third kappa shape index (κ3) is 2.78. The van der Waals surface area contributed by atoms with Crippen molar-refractivity contribution in [1.82, 2.24) is 0 Å². The monoisotopic (exact) mass is 262 g/mol. The summed E-state index contributed by atoms with van der Waals surface area (Å²) in [4.78, 5) is 24.4. The summed E-state index contributed by atoms with van der Waals surface area (Å²) < 4.78 is 10.2. The first-order valence-electron chi connectivity index (χ1n) is 6.55. The summed E-state index contributed by atoms with van der Waals surface area (Å²) in [6, 6.07) is 8.81. The SMILES string of the molecule is COC(=O)C1(C(=O)Oc2ccccc2)CCCCC1. The molecule has 0 aromatic heterocycles. The van der Waals surface area contributed by atoms with Crippen LogP contribution >= 0.6 is 0 Å². The van der Waals surface area contributed by atoms with Crippen molar-refractivity contribution in [1.29, 1.82) is 0 Å². The molecule has 1 aliphatic carbocycles. The molecule has 4 nitrogen and oxygen atoms in total. The van der Waals surface area contributed by atoms with Gasteiger partial charge in [0, 0.05) is 0 Å². The van der Waals surface area contributed by atoms with Crippen LogP contribution in [0.15, 0.2) is 30.3 Å². The molecule has 19 heavy (non-hydrogen) atoms.